The van der Waals surface area contributed by atoms with Crippen LogP contribution < -0.4 is 0 Å². The molecule has 4 heteroatoms. The summed E-state index contributed by atoms with van der Waals surface area (Å²) in [5.74, 6) is 0. The van der Waals surface area contributed by atoms with Gasteiger partial charge in [-0.3, -0.25) is 0 Å². The highest BCUT2D eigenvalue weighted by Crippen LogP contribution is 2.41. The Morgan fingerprint density at radius 3 is 2.88 bits per heavy atom. The van der Waals surface area contributed by atoms with E-state index in [1.165, 1.54) is 3.53 Å². The molecule has 1 aliphatic rings. The van der Waals surface area contributed by atoms with Crippen molar-refractivity contribution < 1.29 is 0 Å². The maximum absolute atomic E-state index is 2.46. The fraction of sp³-hybridized carbons (Fsp3) is 0.250. The summed E-state index contributed by atoms with van der Waals surface area (Å²) < 4.78 is 1.53. The van der Waals surface area contributed by atoms with Gasteiger partial charge in [0.25, 0.3) is 0 Å². The second-order valence-corrected chi connectivity index (χ2v) is 7.73. The van der Waals surface area contributed by atoms with Crippen LogP contribution in [0.4, 0.5) is 0 Å². The van der Waals surface area contributed by atoms with Gasteiger partial charge in [0, 0.05) is 0 Å². The largest absolute Gasteiger partial charge is 0.115 e. The average molecular weight is 276 g/mol. The third kappa shape index (κ3) is 1.68. The molecule has 0 saturated heterocycles. The zero-order valence-electron chi connectivity index (χ0n) is 4.26. The molecule has 1 rings (SSSR count). The van der Waals surface area contributed by atoms with Crippen molar-refractivity contribution in [2.75, 3.05) is 6.26 Å². The standard InChI is InChI=1S/C4H5IS3/c1-6-4-7-2-3-8(4)5/h2-3H,1H3. The minimum atomic E-state index is 0.421. The Labute approximate surface area is 72.4 Å². The smallest absolute Gasteiger partial charge is 0.0814 e. The summed E-state index contributed by atoms with van der Waals surface area (Å²) in [7, 11) is 0.421. The second-order valence-electron chi connectivity index (χ2n) is 1.13. The zero-order chi connectivity index (χ0) is 5.98. The lowest BCUT2D eigenvalue weighted by Gasteiger charge is -1.92. The van der Waals surface area contributed by atoms with Gasteiger partial charge >= 0.3 is 0 Å². The summed E-state index contributed by atoms with van der Waals surface area (Å²) in [6.07, 6.45) is 2.13. The van der Waals surface area contributed by atoms with Crippen LogP contribution in [0.1, 0.15) is 0 Å². The van der Waals surface area contributed by atoms with E-state index < -0.39 is 0 Å². The van der Waals surface area contributed by atoms with Gasteiger partial charge in [0.15, 0.2) is 0 Å². The third-order valence-electron chi connectivity index (χ3n) is 0.665. The van der Waals surface area contributed by atoms with Crippen molar-refractivity contribution in [3.63, 3.8) is 0 Å². The maximum Gasteiger partial charge on any atom is 0.0814 e. The van der Waals surface area contributed by atoms with E-state index >= 15 is 0 Å². The molecule has 1 unspecified atom stereocenters. The molecule has 0 aromatic carbocycles. The summed E-state index contributed by atoms with van der Waals surface area (Å²) in [6.45, 7) is 0. The Balaban J connectivity index is 2.68. The fourth-order valence-electron chi connectivity index (χ4n) is 0.361. The summed E-state index contributed by atoms with van der Waals surface area (Å²) >= 11 is 6.17. The highest BCUT2D eigenvalue weighted by Gasteiger charge is 2.02. The number of hydrogen-bond donors (Lipinski definition) is 0. The van der Waals surface area contributed by atoms with Gasteiger partial charge < -0.3 is 0 Å². The first-order chi connectivity index (χ1) is 3.84. The first-order valence-corrected chi connectivity index (χ1v) is 7.91. The third-order valence-corrected chi connectivity index (χ3v) is 8.98. The van der Waals surface area contributed by atoms with Crippen LogP contribution in [0.25, 0.3) is 0 Å². The molecule has 8 heavy (non-hydrogen) atoms. The number of hydrogen-bond acceptors (Lipinski definition) is 2. The highest BCUT2D eigenvalue weighted by atomic mass is 127. The van der Waals surface area contributed by atoms with Gasteiger partial charge in [-0.05, 0) is 38.3 Å². The topological polar surface area (TPSA) is 0 Å². The van der Waals surface area contributed by atoms with Crippen LogP contribution in [0.15, 0.2) is 10.8 Å². The Bertz CT molecular complexity index is 149. The lowest BCUT2D eigenvalue weighted by atomic mass is 11.3. The molecule has 0 spiro atoms. The van der Waals surface area contributed by atoms with E-state index in [1.807, 2.05) is 23.5 Å². The molecule has 0 bridgehead atoms. The van der Waals surface area contributed by atoms with E-state index in [9.17, 15) is 0 Å². The summed E-state index contributed by atoms with van der Waals surface area (Å²) in [5.41, 5.74) is 0. The van der Waals surface area contributed by atoms with Gasteiger partial charge in [0.1, 0.15) is 0 Å². The molecule has 46 valence electrons. The van der Waals surface area contributed by atoms with Crippen LogP contribution in [0.3, 0.4) is 0 Å². The van der Waals surface area contributed by atoms with Crippen LogP contribution in [0.5, 0.6) is 0 Å². The maximum atomic E-state index is 2.46. The van der Waals surface area contributed by atoms with Gasteiger partial charge in [-0.2, -0.15) is 0 Å². The molecule has 1 atom stereocenters. The molecule has 0 aromatic heterocycles. The first-order valence-electron chi connectivity index (χ1n) is 1.98. The zero-order valence-corrected chi connectivity index (χ0v) is 8.86. The van der Waals surface area contributed by atoms with Crippen molar-refractivity contribution in [3.05, 3.63) is 10.8 Å². The molecule has 0 amide bonds. The van der Waals surface area contributed by atoms with Crippen LogP contribution in [0.2, 0.25) is 0 Å². The van der Waals surface area contributed by atoms with Crippen LogP contribution >= 0.6 is 52.4 Å². The van der Waals surface area contributed by atoms with E-state index in [0.717, 1.165) is 0 Å². The van der Waals surface area contributed by atoms with Crippen molar-refractivity contribution in [1.82, 2.24) is 0 Å². The number of halogens is 1. The molecule has 0 N–H and O–H groups in total. The van der Waals surface area contributed by atoms with E-state index in [1.54, 1.807) is 0 Å². The fourth-order valence-corrected chi connectivity index (χ4v) is 6.88. The lowest BCUT2D eigenvalue weighted by molar-refractivity contribution is 2.53. The number of rotatable bonds is 0. The van der Waals surface area contributed by atoms with Crippen molar-refractivity contribution in [2.45, 2.75) is 0 Å². The van der Waals surface area contributed by atoms with Gasteiger partial charge in [-0.1, -0.05) is 19.4 Å². The predicted molar refractivity (Wildman–Crippen MR) is 56.9 cm³/mol. The molecule has 0 fully saturated rings. The Kier molecular flexibility index (Phi) is 3.31. The van der Waals surface area contributed by atoms with Gasteiger partial charge in [-0.15, -0.1) is 11.8 Å². The monoisotopic (exact) mass is 276 g/mol. The molecular weight excluding hydrogens is 271 g/mol. The van der Waals surface area contributed by atoms with E-state index in [0.29, 0.717) is 7.66 Å². The minimum Gasteiger partial charge on any atom is -0.115 e. The van der Waals surface area contributed by atoms with E-state index in [2.05, 4.69) is 38.3 Å². The molecule has 0 saturated carbocycles. The van der Waals surface area contributed by atoms with Crippen molar-refractivity contribution in [1.29, 1.82) is 0 Å². The predicted octanol–water partition coefficient (Wildman–Crippen LogP) is 3.27. The van der Waals surface area contributed by atoms with Gasteiger partial charge in [0.05, 0.1) is 3.53 Å². The second kappa shape index (κ2) is 3.53. The quantitative estimate of drug-likeness (QED) is 0.492. The van der Waals surface area contributed by atoms with Crippen molar-refractivity contribution in [3.8, 4) is 0 Å². The summed E-state index contributed by atoms with van der Waals surface area (Å²) in [5, 5.41) is 4.42. The van der Waals surface area contributed by atoms with E-state index in [-0.39, 0.29) is 0 Å². The SMILES string of the molecule is CSC1=S(I)C=CS1. The lowest BCUT2D eigenvalue weighted by Crippen LogP contribution is -1.70. The van der Waals surface area contributed by atoms with Crippen molar-refractivity contribution >= 4 is 55.9 Å². The van der Waals surface area contributed by atoms with Gasteiger partial charge in [-0.25, -0.2) is 0 Å². The molecule has 0 aliphatic carbocycles. The Morgan fingerprint density at radius 2 is 2.62 bits per heavy atom. The molecule has 0 radical (unpaired) electrons. The van der Waals surface area contributed by atoms with Crippen molar-refractivity contribution in [2.24, 2.45) is 0 Å². The average Bonchev–Trinajstić information content (AvgIpc) is 2.14. The van der Waals surface area contributed by atoms with Crippen LogP contribution in [0, 0.1) is 0 Å². The molecule has 0 nitrogen and oxygen atoms in total. The molecule has 1 aliphatic heterocycles. The molecule has 0 aromatic rings. The first kappa shape index (κ1) is 7.50. The van der Waals surface area contributed by atoms with E-state index in [4.69, 9.17) is 0 Å². The number of thioether (sulfide) groups is 2. The molecule has 1 heterocycles. The summed E-state index contributed by atoms with van der Waals surface area (Å²) in [4.78, 5) is 0. The normalized spacial score (nSPS) is 27.2. The van der Waals surface area contributed by atoms with Crippen LogP contribution in [-0.2, 0) is 0 Å². The van der Waals surface area contributed by atoms with Gasteiger partial charge in [0.2, 0.25) is 0 Å². The minimum absolute atomic E-state index is 0.421. The highest BCUT2D eigenvalue weighted by molar-refractivity contribution is 14.2. The Morgan fingerprint density at radius 1 is 1.88 bits per heavy atom. The Hall–Kier alpha value is 1.39. The van der Waals surface area contributed by atoms with Crippen LogP contribution in [-0.4, -0.2) is 9.78 Å². The molecular formula is C4H5IS3. The summed E-state index contributed by atoms with van der Waals surface area (Å²) in [6, 6.07) is 0.